The first-order chi connectivity index (χ1) is 20.4. The molecule has 0 bridgehead atoms. The molecule has 0 spiro atoms. The first kappa shape index (κ1) is 25.3. The summed E-state index contributed by atoms with van der Waals surface area (Å²) in [5, 5.41) is 13.0. The number of hydrogen-bond acceptors (Lipinski definition) is 6. The molecular formula is C32H26N8O2. The van der Waals surface area contributed by atoms with E-state index in [4.69, 9.17) is 5.73 Å². The molecule has 10 heteroatoms. The van der Waals surface area contributed by atoms with E-state index in [1.54, 1.807) is 33.9 Å². The van der Waals surface area contributed by atoms with Crippen molar-refractivity contribution in [1.82, 2.24) is 34.3 Å². The van der Waals surface area contributed by atoms with Crippen LogP contribution in [-0.2, 0) is 19.9 Å². The lowest BCUT2D eigenvalue weighted by atomic mass is 9.97. The number of anilines is 1. The standard InChI is InChI=1S/C32H26N8O2/c1-19(36-31(41)27-29(33)37-39-16-6-15-34-30(27)39)28-24-14-13-21-11-12-22(10-9-20-17-35-38(2)18-20)26(25(21)24)32(42)40(28)23-7-4-3-5-8-23/h3-8,11-12,15-19H,13-14H2,1-2H3,(H2,33,37)(H,36,41)/t19-/m0/s1. The van der Waals surface area contributed by atoms with Gasteiger partial charge in [-0.3, -0.25) is 18.8 Å². The van der Waals surface area contributed by atoms with E-state index >= 15 is 0 Å². The van der Waals surface area contributed by atoms with Gasteiger partial charge in [-0.05, 0) is 60.5 Å². The molecule has 2 aromatic carbocycles. The van der Waals surface area contributed by atoms with Crippen LogP contribution in [-0.4, -0.2) is 34.9 Å². The second kappa shape index (κ2) is 9.74. The van der Waals surface area contributed by atoms with Gasteiger partial charge in [0, 0.05) is 36.9 Å². The molecule has 0 saturated carbocycles. The Bertz CT molecular complexity index is 2160. The number of carbonyl (C=O) groups excluding carboxylic acids is 1. The van der Waals surface area contributed by atoms with Gasteiger partial charge >= 0.3 is 0 Å². The monoisotopic (exact) mass is 554 g/mol. The van der Waals surface area contributed by atoms with E-state index in [2.05, 4.69) is 38.4 Å². The molecule has 4 aromatic heterocycles. The van der Waals surface area contributed by atoms with E-state index in [-0.39, 0.29) is 16.9 Å². The summed E-state index contributed by atoms with van der Waals surface area (Å²) in [6.45, 7) is 1.88. The molecule has 206 valence electrons. The maximum Gasteiger partial charge on any atom is 0.264 e. The van der Waals surface area contributed by atoms with Gasteiger partial charge in [-0.1, -0.05) is 36.1 Å². The molecule has 6 aromatic rings. The second-order valence-corrected chi connectivity index (χ2v) is 10.4. The van der Waals surface area contributed by atoms with Gasteiger partial charge in [0.15, 0.2) is 11.5 Å². The maximum absolute atomic E-state index is 14.5. The van der Waals surface area contributed by atoms with Gasteiger partial charge < -0.3 is 11.1 Å². The first-order valence-electron chi connectivity index (χ1n) is 13.6. The number of hydrogen-bond donors (Lipinski definition) is 2. The molecule has 3 N–H and O–H groups in total. The third kappa shape index (κ3) is 4.02. The van der Waals surface area contributed by atoms with Crippen LogP contribution in [0.4, 0.5) is 5.82 Å². The van der Waals surface area contributed by atoms with Crippen LogP contribution in [0.15, 0.2) is 78.1 Å². The van der Waals surface area contributed by atoms with Gasteiger partial charge in [-0.15, -0.1) is 5.10 Å². The molecule has 1 amide bonds. The van der Waals surface area contributed by atoms with Gasteiger partial charge in [-0.2, -0.15) is 5.10 Å². The molecule has 0 unspecified atom stereocenters. The molecular weight excluding hydrogens is 528 g/mol. The van der Waals surface area contributed by atoms with Crippen molar-refractivity contribution in [1.29, 1.82) is 0 Å². The van der Waals surface area contributed by atoms with Crippen molar-refractivity contribution >= 4 is 28.1 Å². The number of pyridine rings is 1. The van der Waals surface area contributed by atoms with E-state index in [1.165, 1.54) is 4.52 Å². The highest BCUT2D eigenvalue weighted by atomic mass is 16.2. The Morgan fingerprint density at radius 1 is 1.07 bits per heavy atom. The average Bonchev–Trinajstić information content (AvgIpc) is 3.70. The van der Waals surface area contributed by atoms with Crippen molar-refractivity contribution in [3.8, 4) is 17.5 Å². The zero-order chi connectivity index (χ0) is 29.0. The first-order valence-corrected chi connectivity index (χ1v) is 13.6. The third-order valence-corrected chi connectivity index (χ3v) is 7.67. The summed E-state index contributed by atoms with van der Waals surface area (Å²) >= 11 is 0. The summed E-state index contributed by atoms with van der Waals surface area (Å²) in [7, 11) is 1.84. The Balaban J connectivity index is 1.42. The van der Waals surface area contributed by atoms with E-state index in [0.29, 0.717) is 22.3 Å². The number of nitrogen functional groups attached to an aromatic ring is 1. The van der Waals surface area contributed by atoms with E-state index < -0.39 is 11.9 Å². The molecule has 7 rings (SSSR count). The highest BCUT2D eigenvalue weighted by Crippen LogP contribution is 2.36. The van der Waals surface area contributed by atoms with Crippen LogP contribution < -0.4 is 16.6 Å². The van der Waals surface area contributed by atoms with Crippen molar-refractivity contribution in [3.63, 3.8) is 0 Å². The summed E-state index contributed by atoms with van der Waals surface area (Å²) in [6, 6.07) is 14.6. The van der Waals surface area contributed by atoms with Crippen LogP contribution >= 0.6 is 0 Å². The highest BCUT2D eigenvalue weighted by Gasteiger charge is 2.30. The molecule has 0 saturated heterocycles. The number of carbonyl (C=O) groups is 1. The van der Waals surface area contributed by atoms with Gasteiger partial charge in [0.25, 0.3) is 11.5 Å². The van der Waals surface area contributed by atoms with Gasteiger partial charge in [0.1, 0.15) is 5.56 Å². The smallest absolute Gasteiger partial charge is 0.264 e. The van der Waals surface area contributed by atoms with E-state index in [0.717, 1.165) is 40.6 Å². The molecule has 0 radical (unpaired) electrons. The van der Waals surface area contributed by atoms with E-state index in [9.17, 15) is 9.59 Å². The lowest BCUT2D eigenvalue weighted by molar-refractivity contribution is 0.0941. The quantitative estimate of drug-likeness (QED) is 0.322. The van der Waals surface area contributed by atoms with Crippen LogP contribution in [0.3, 0.4) is 0 Å². The zero-order valence-corrected chi connectivity index (χ0v) is 23.0. The molecule has 10 nitrogen and oxygen atoms in total. The van der Waals surface area contributed by atoms with Crippen LogP contribution in [0.2, 0.25) is 0 Å². The predicted octanol–water partition coefficient (Wildman–Crippen LogP) is 3.34. The van der Waals surface area contributed by atoms with Crippen molar-refractivity contribution < 1.29 is 4.79 Å². The second-order valence-electron chi connectivity index (χ2n) is 10.4. The van der Waals surface area contributed by atoms with Crippen molar-refractivity contribution in [2.24, 2.45) is 7.05 Å². The molecule has 1 aliphatic rings. The number of nitrogens with one attached hydrogen (secondary N) is 1. The minimum Gasteiger partial charge on any atom is -0.381 e. The number of amides is 1. The average molecular weight is 555 g/mol. The number of para-hydroxylation sites is 1. The zero-order valence-electron chi connectivity index (χ0n) is 23.0. The molecule has 4 heterocycles. The Morgan fingerprint density at radius 3 is 2.69 bits per heavy atom. The summed E-state index contributed by atoms with van der Waals surface area (Å²) in [5.74, 6) is 6.05. The van der Waals surface area contributed by atoms with Crippen molar-refractivity contribution in [2.45, 2.75) is 25.8 Å². The summed E-state index contributed by atoms with van der Waals surface area (Å²) in [6.07, 6.45) is 8.33. The van der Waals surface area contributed by atoms with Gasteiger partial charge in [0.2, 0.25) is 0 Å². The molecule has 0 fully saturated rings. The number of aryl methyl sites for hydroxylation is 3. The summed E-state index contributed by atoms with van der Waals surface area (Å²) < 4.78 is 4.88. The van der Waals surface area contributed by atoms with Crippen LogP contribution in [0.5, 0.6) is 0 Å². The Kier molecular flexibility index (Phi) is 5.87. The summed E-state index contributed by atoms with van der Waals surface area (Å²) in [4.78, 5) is 32.4. The van der Waals surface area contributed by atoms with Crippen molar-refractivity contribution in [2.75, 3.05) is 5.73 Å². The Morgan fingerprint density at radius 2 is 1.90 bits per heavy atom. The molecule has 1 atom stereocenters. The fourth-order valence-electron chi connectivity index (χ4n) is 5.89. The van der Waals surface area contributed by atoms with Crippen LogP contribution in [0.1, 0.15) is 51.3 Å². The maximum atomic E-state index is 14.5. The fourth-order valence-corrected chi connectivity index (χ4v) is 5.89. The van der Waals surface area contributed by atoms with Gasteiger partial charge in [0.05, 0.1) is 28.9 Å². The topological polar surface area (TPSA) is 125 Å². The largest absolute Gasteiger partial charge is 0.381 e. The predicted molar refractivity (Wildman–Crippen MR) is 159 cm³/mol. The highest BCUT2D eigenvalue weighted by molar-refractivity contribution is 6.04. The van der Waals surface area contributed by atoms with E-state index in [1.807, 2.05) is 56.6 Å². The number of fused-ring (bicyclic) bond motifs is 1. The number of aromatic nitrogens is 6. The van der Waals surface area contributed by atoms with Crippen molar-refractivity contribution in [3.05, 3.63) is 117 Å². The number of rotatable bonds is 4. The number of benzene rings is 2. The normalized spacial score (nSPS) is 12.8. The fraction of sp³-hybridized carbons (Fsp3) is 0.156. The summed E-state index contributed by atoms with van der Waals surface area (Å²) in [5.41, 5.74) is 11.5. The Hall–Kier alpha value is -5.69. The Labute approximate surface area is 240 Å². The lowest BCUT2D eigenvalue weighted by Gasteiger charge is -2.24. The number of nitrogens with two attached hydrogens (primary N) is 1. The number of nitrogens with zero attached hydrogens (tertiary/aromatic N) is 6. The SMILES string of the molecule is C[C@H](NC(=O)c1c(N)nn2cccnc12)c1c2c3c(ccc(C#Cc4cnn(C)c4)c3c(=O)n1-c1ccccc1)CC2. The minimum absolute atomic E-state index is 0.0843. The molecule has 1 aliphatic carbocycles. The molecule has 42 heavy (non-hydrogen) atoms. The van der Waals surface area contributed by atoms with Crippen LogP contribution in [0.25, 0.3) is 22.1 Å². The molecule has 0 aliphatic heterocycles. The van der Waals surface area contributed by atoms with Crippen LogP contribution in [0, 0.1) is 11.8 Å². The lowest BCUT2D eigenvalue weighted by Crippen LogP contribution is -2.33. The minimum atomic E-state index is -0.543. The van der Waals surface area contributed by atoms with Gasteiger partial charge in [-0.25, -0.2) is 9.50 Å². The third-order valence-electron chi connectivity index (χ3n) is 7.67.